The summed E-state index contributed by atoms with van der Waals surface area (Å²) >= 11 is 0. The molecule has 0 saturated carbocycles. The number of hydrogen-bond donors (Lipinski definition) is 0. The second-order valence-corrected chi connectivity index (χ2v) is 8.60. The van der Waals surface area contributed by atoms with Gasteiger partial charge in [0, 0.05) is 12.2 Å². The normalized spacial score (nSPS) is 15.5. The van der Waals surface area contributed by atoms with E-state index in [4.69, 9.17) is 4.74 Å². The van der Waals surface area contributed by atoms with E-state index in [0.717, 1.165) is 40.1 Å². The molecule has 0 atom stereocenters. The number of aryl methyl sites for hydroxylation is 2. The number of anilines is 1. The van der Waals surface area contributed by atoms with Gasteiger partial charge in [-0.05, 0) is 66.3 Å². The molecule has 0 N–H and O–H groups in total. The van der Waals surface area contributed by atoms with E-state index in [0.29, 0.717) is 17.8 Å². The number of carbonyl (C=O) groups excluding carboxylic acids is 2. The summed E-state index contributed by atoms with van der Waals surface area (Å²) in [6.07, 6.45) is 0.847. The van der Waals surface area contributed by atoms with Crippen LogP contribution in [0.2, 0.25) is 0 Å². The molecule has 0 spiro atoms. The smallest absolute Gasteiger partial charge is 0.278 e. The Morgan fingerprint density at radius 1 is 0.879 bits per heavy atom. The summed E-state index contributed by atoms with van der Waals surface area (Å²) < 4.78 is 5.23. The maximum absolute atomic E-state index is 13.8. The molecule has 5 rings (SSSR count). The number of amides is 2. The number of fused-ring (bicyclic) bond motifs is 1. The van der Waals surface area contributed by atoms with Gasteiger partial charge < -0.3 is 9.64 Å². The summed E-state index contributed by atoms with van der Waals surface area (Å²) in [6.45, 7) is 4.97. The topological polar surface area (TPSA) is 49.9 Å². The van der Waals surface area contributed by atoms with Crippen LogP contribution in [0.4, 0.5) is 5.69 Å². The second kappa shape index (κ2) is 8.24. The summed E-state index contributed by atoms with van der Waals surface area (Å²) in [4.78, 5) is 30.9. The number of benzene rings is 3. The average Bonchev–Trinajstić information content (AvgIpc) is 3.35. The molecule has 0 radical (unpaired) electrons. The molecule has 33 heavy (non-hydrogen) atoms. The number of para-hydroxylation sites is 1. The molecule has 2 aliphatic rings. The van der Waals surface area contributed by atoms with Gasteiger partial charge in [-0.15, -0.1) is 0 Å². The van der Waals surface area contributed by atoms with Gasteiger partial charge in [0.05, 0.1) is 19.2 Å². The van der Waals surface area contributed by atoms with E-state index in [-0.39, 0.29) is 18.4 Å². The number of ether oxygens (including phenoxy) is 1. The summed E-state index contributed by atoms with van der Waals surface area (Å²) in [5, 5.41) is 0. The largest absolute Gasteiger partial charge is 0.497 e. The molecule has 0 aromatic heterocycles. The molecule has 3 aromatic carbocycles. The highest BCUT2D eigenvalue weighted by Crippen LogP contribution is 2.39. The maximum atomic E-state index is 13.8. The fourth-order valence-electron chi connectivity index (χ4n) is 4.60. The molecule has 0 unspecified atom stereocenters. The molecule has 0 bridgehead atoms. The summed E-state index contributed by atoms with van der Waals surface area (Å²) in [5.41, 5.74) is 7.05. The van der Waals surface area contributed by atoms with Crippen molar-refractivity contribution in [2.24, 2.45) is 0 Å². The number of rotatable bonds is 5. The number of hydrogen-bond acceptors (Lipinski definition) is 4. The standard InChI is InChI=1S/C28H26N2O3/c1-18-8-11-22(16-19(18)2)25-26(29-15-14-21-6-4-5-7-24(21)29)28(32)30(27(25)31)17-20-9-12-23(33-3)13-10-20/h4-13,16H,14-15,17H2,1-3H3. The van der Waals surface area contributed by atoms with Gasteiger partial charge in [-0.2, -0.15) is 0 Å². The zero-order chi connectivity index (χ0) is 23.1. The molecule has 2 aliphatic heterocycles. The van der Waals surface area contributed by atoms with Crippen LogP contribution in [0.3, 0.4) is 0 Å². The van der Waals surface area contributed by atoms with E-state index in [1.165, 1.54) is 10.5 Å². The highest BCUT2D eigenvalue weighted by Gasteiger charge is 2.43. The SMILES string of the molecule is COc1ccc(CN2C(=O)C(c3ccc(C)c(C)c3)=C(N3CCc4ccccc43)C2=O)cc1. The number of carbonyl (C=O) groups is 2. The van der Waals surface area contributed by atoms with Gasteiger partial charge in [-0.3, -0.25) is 14.5 Å². The predicted octanol–water partition coefficient (Wildman–Crippen LogP) is 4.65. The first-order valence-electron chi connectivity index (χ1n) is 11.1. The van der Waals surface area contributed by atoms with Crippen molar-refractivity contribution in [3.63, 3.8) is 0 Å². The molecule has 166 valence electrons. The van der Waals surface area contributed by atoms with E-state index in [1.54, 1.807) is 7.11 Å². The maximum Gasteiger partial charge on any atom is 0.278 e. The summed E-state index contributed by atoms with van der Waals surface area (Å²) in [5.74, 6) is 0.236. The molecule has 0 saturated heterocycles. The lowest BCUT2D eigenvalue weighted by Crippen LogP contribution is -2.34. The van der Waals surface area contributed by atoms with Gasteiger partial charge in [0.15, 0.2) is 0 Å². The molecular weight excluding hydrogens is 412 g/mol. The highest BCUT2D eigenvalue weighted by atomic mass is 16.5. The third-order valence-electron chi connectivity index (χ3n) is 6.60. The fraction of sp³-hybridized carbons (Fsp3) is 0.214. The van der Waals surface area contributed by atoms with Crippen molar-refractivity contribution in [3.05, 3.63) is 100 Å². The predicted molar refractivity (Wildman–Crippen MR) is 129 cm³/mol. The van der Waals surface area contributed by atoms with Gasteiger partial charge in [-0.25, -0.2) is 0 Å². The summed E-state index contributed by atoms with van der Waals surface area (Å²) in [6, 6.07) is 21.5. The van der Waals surface area contributed by atoms with Crippen molar-refractivity contribution in [3.8, 4) is 5.75 Å². The number of nitrogens with zero attached hydrogens (tertiary/aromatic N) is 2. The Hall–Kier alpha value is -3.86. The Labute approximate surface area is 193 Å². The Kier molecular flexibility index (Phi) is 5.25. The minimum atomic E-state index is -0.251. The zero-order valence-electron chi connectivity index (χ0n) is 19.1. The van der Waals surface area contributed by atoms with Crippen LogP contribution in [0, 0.1) is 13.8 Å². The molecule has 2 heterocycles. The molecule has 0 aliphatic carbocycles. The Morgan fingerprint density at radius 3 is 2.36 bits per heavy atom. The van der Waals surface area contributed by atoms with Crippen LogP contribution in [-0.2, 0) is 22.6 Å². The molecule has 3 aromatic rings. The highest BCUT2D eigenvalue weighted by molar-refractivity contribution is 6.36. The zero-order valence-corrected chi connectivity index (χ0v) is 19.1. The molecular formula is C28H26N2O3. The first-order chi connectivity index (χ1) is 16.0. The van der Waals surface area contributed by atoms with Gasteiger partial charge >= 0.3 is 0 Å². The van der Waals surface area contributed by atoms with E-state index >= 15 is 0 Å². The minimum absolute atomic E-state index is 0.217. The molecule has 5 heteroatoms. The van der Waals surface area contributed by atoms with Gasteiger partial charge in [0.2, 0.25) is 0 Å². The Balaban J connectivity index is 1.59. The van der Waals surface area contributed by atoms with Crippen LogP contribution in [0.1, 0.15) is 27.8 Å². The second-order valence-electron chi connectivity index (χ2n) is 8.60. The lowest BCUT2D eigenvalue weighted by Gasteiger charge is -2.22. The van der Waals surface area contributed by atoms with Gasteiger partial charge in [0.25, 0.3) is 11.8 Å². The lowest BCUT2D eigenvalue weighted by molar-refractivity contribution is -0.137. The van der Waals surface area contributed by atoms with Gasteiger partial charge in [-0.1, -0.05) is 48.5 Å². The van der Waals surface area contributed by atoms with E-state index in [1.807, 2.05) is 79.4 Å². The fourth-order valence-corrected chi connectivity index (χ4v) is 4.60. The first kappa shape index (κ1) is 21.0. The van der Waals surface area contributed by atoms with Crippen molar-refractivity contribution in [2.75, 3.05) is 18.6 Å². The van der Waals surface area contributed by atoms with Crippen LogP contribution in [0.15, 0.2) is 72.4 Å². The minimum Gasteiger partial charge on any atom is -0.497 e. The average molecular weight is 439 g/mol. The van der Waals surface area contributed by atoms with E-state index in [2.05, 4.69) is 6.07 Å². The van der Waals surface area contributed by atoms with Crippen LogP contribution >= 0.6 is 0 Å². The van der Waals surface area contributed by atoms with Crippen LogP contribution in [-0.4, -0.2) is 30.4 Å². The Bertz CT molecular complexity index is 1290. The van der Waals surface area contributed by atoms with Crippen molar-refractivity contribution in [1.29, 1.82) is 0 Å². The van der Waals surface area contributed by atoms with E-state index < -0.39 is 0 Å². The number of imide groups is 1. The quantitative estimate of drug-likeness (QED) is 0.544. The molecule has 2 amide bonds. The summed E-state index contributed by atoms with van der Waals surface area (Å²) in [7, 11) is 1.61. The van der Waals surface area contributed by atoms with Crippen molar-refractivity contribution in [2.45, 2.75) is 26.8 Å². The van der Waals surface area contributed by atoms with Crippen LogP contribution in [0.25, 0.3) is 5.57 Å². The van der Waals surface area contributed by atoms with Gasteiger partial charge in [0.1, 0.15) is 11.4 Å². The van der Waals surface area contributed by atoms with Crippen LogP contribution in [0.5, 0.6) is 5.75 Å². The van der Waals surface area contributed by atoms with Crippen molar-refractivity contribution < 1.29 is 14.3 Å². The molecule has 5 nitrogen and oxygen atoms in total. The lowest BCUT2D eigenvalue weighted by atomic mass is 9.99. The number of methoxy groups -OCH3 is 1. The third-order valence-corrected chi connectivity index (χ3v) is 6.60. The Morgan fingerprint density at radius 2 is 1.64 bits per heavy atom. The first-order valence-corrected chi connectivity index (χ1v) is 11.1. The van der Waals surface area contributed by atoms with Crippen LogP contribution < -0.4 is 9.64 Å². The molecule has 0 fully saturated rings. The monoisotopic (exact) mass is 438 g/mol. The van der Waals surface area contributed by atoms with Crippen molar-refractivity contribution >= 4 is 23.1 Å². The third kappa shape index (κ3) is 3.59. The van der Waals surface area contributed by atoms with Crippen molar-refractivity contribution in [1.82, 2.24) is 4.90 Å². The van der Waals surface area contributed by atoms with E-state index in [9.17, 15) is 9.59 Å².